The van der Waals surface area contributed by atoms with Crippen molar-refractivity contribution in [3.05, 3.63) is 34.1 Å². The molecule has 1 N–H and O–H groups in total. The van der Waals surface area contributed by atoms with E-state index in [1.807, 2.05) is 17.5 Å². The van der Waals surface area contributed by atoms with Crippen molar-refractivity contribution in [2.45, 2.75) is 6.54 Å². The van der Waals surface area contributed by atoms with E-state index in [1.54, 1.807) is 22.1 Å². The first-order valence-electron chi connectivity index (χ1n) is 5.08. The molecule has 0 atom stereocenters. The van der Waals surface area contributed by atoms with Gasteiger partial charge in [0, 0.05) is 17.4 Å². The quantitative estimate of drug-likeness (QED) is 0.794. The van der Waals surface area contributed by atoms with E-state index >= 15 is 0 Å². The Morgan fingerprint density at radius 1 is 1.38 bits per heavy atom. The van der Waals surface area contributed by atoms with Crippen LogP contribution in [0, 0.1) is 0 Å². The number of fused-ring (bicyclic) bond motifs is 1. The third kappa shape index (κ3) is 2.32. The highest BCUT2D eigenvalue weighted by molar-refractivity contribution is 7.17. The van der Waals surface area contributed by atoms with Crippen LogP contribution in [0.15, 0.2) is 28.5 Å². The molecule has 4 nitrogen and oxygen atoms in total. The molecule has 5 heteroatoms. The molecular weight excluding hydrogens is 226 g/mol. The van der Waals surface area contributed by atoms with Crippen molar-refractivity contribution in [3.8, 4) is 0 Å². The summed E-state index contributed by atoms with van der Waals surface area (Å²) in [6, 6.07) is 3.78. The first-order valence-corrected chi connectivity index (χ1v) is 5.96. The van der Waals surface area contributed by atoms with E-state index in [1.165, 1.54) is 0 Å². The number of aliphatic hydroxyl groups excluding tert-OH is 1. The van der Waals surface area contributed by atoms with Crippen molar-refractivity contribution in [2.24, 2.45) is 0 Å². The summed E-state index contributed by atoms with van der Waals surface area (Å²) in [6.45, 7) is 1.29. The van der Waals surface area contributed by atoms with Gasteiger partial charge >= 0.3 is 0 Å². The van der Waals surface area contributed by atoms with Gasteiger partial charge in [0.1, 0.15) is 0 Å². The molecule has 0 aliphatic carbocycles. The van der Waals surface area contributed by atoms with E-state index in [4.69, 9.17) is 9.84 Å². The van der Waals surface area contributed by atoms with Crippen molar-refractivity contribution < 1.29 is 9.84 Å². The zero-order valence-corrected chi connectivity index (χ0v) is 9.57. The van der Waals surface area contributed by atoms with Crippen LogP contribution in [0.5, 0.6) is 0 Å². The molecule has 0 aromatic carbocycles. The minimum absolute atomic E-state index is 0.0124. The Morgan fingerprint density at radius 3 is 3.06 bits per heavy atom. The molecule has 0 spiro atoms. The molecule has 0 radical (unpaired) electrons. The van der Waals surface area contributed by atoms with Gasteiger partial charge in [0.15, 0.2) is 0 Å². The van der Waals surface area contributed by atoms with Crippen LogP contribution in [0.3, 0.4) is 0 Å². The maximum Gasteiger partial charge on any atom is 0.259 e. The Labute approximate surface area is 96.7 Å². The van der Waals surface area contributed by atoms with Crippen LogP contribution in [-0.4, -0.2) is 29.5 Å². The summed E-state index contributed by atoms with van der Waals surface area (Å²) in [4.78, 5) is 11.9. The maximum atomic E-state index is 11.9. The SMILES string of the molecule is O=c1c2ccsc2ccn1CCOCCO. The third-order valence-corrected chi connectivity index (χ3v) is 3.19. The molecule has 0 aliphatic heterocycles. The molecule has 0 saturated carbocycles. The first-order chi connectivity index (χ1) is 7.83. The number of hydrogen-bond donors (Lipinski definition) is 1. The van der Waals surface area contributed by atoms with Crippen molar-refractivity contribution >= 4 is 21.4 Å². The van der Waals surface area contributed by atoms with Crippen LogP contribution >= 0.6 is 11.3 Å². The molecule has 0 fully saturated rings. The smallest absolute Gasteiger partial charge is 0.259 e. The average Bonchev–Trinajstić information content (AvgIpc) is 2.76. The van der Waals surface area contributed by atoms with Crippen molar-refractivity contribution in [1.82, 2.24) is 4.57 Å². The standard InChI is InChI=1S/C11H13NO3S/c13-5-7-15-6-4-12-3-1-10-9(11(12)14)2-8-16-10/h1-3,8,13H,4-7H2. The monoisotopic (exact) mass is 239 g/mol. The molecule has 0 amide bonds. The van der Waals surface area contributed by atoms with Crippen LogP contribution in [0.25, 0.3) is 10.1 Å². The number of aromatic nitrogens is 1. The molecule has 0 saturated heterocycles. The predicted octanol–water partition coefficient (Wildman–Crippen LogP) is 1.07. The first kappa shape index (κ1) is 11.3. The van der Waals surface area contributed by atoms with E-state index in [0.717, 1.165) is 10.1 Å². The molecular formula is C11H13NO3S. The molecule has 2 aromatic rings. The van der Waals surface area contributed by atoms with Crippen LogP contribution < -0.4 is 5.56 Å². The van der Waals surface area contributed by atoms with Crippen LogP contribution in [0.4, 0.5) is 0 Å². The highest BCUT2D eigenvalue weighted by Crippen LogP contribution is 2.15. The molecule has 16 heavy (non-hydrogen) atoms. The van der Waals surface area contributed by atoms with Gasteiger partial charge in [-0.25, -0.2) is 0 Å². The fourth-order valence-corrected chi connectivity index (χ4v) is 2.28. The lowest BCUT2D eigenvalue weighted by atomic mass is 10.3. The zero-order valence-electron chi connectivity index (χ0n) is 8.76. The second kappa shape index (κ2) is 5.25. The van der Waals surface area contributed by atoms with Gasteiger partial charge < -0.3 is 14.4 Å². The number of rotatable bonds is 5. The number of ether oxygens (including phenoxy) is 1. The Balaban J connectivity index is 2.12. The highest BCUT2D eigenvalue weighted by Gasteiger charge is 2.02. The molecule has 2 aromatic heterocycles. The summed E-state index contributed by atoms with van der Waals surface area (Å²) < 4.78 is 7.77. The van der Waals surface area contributed by atoms with Gasteiger partial charge in [-0.15, -0.1) is 11.3 Å². The molecule has 0 aliphatic rings. The molecule has 0 bridgehead atoms. The van der Waals surface area contributed by atoms with Gasteiger partial charge in [-0.2, -0.15) is 0 Å². The normalized spacial score (nSPS) is 11.1. The van der Waals surface area contributed by atoms with Gasteiger partial charge in [0.25, 0.3) is 5.56 Å². The summed E-state index contributed by atoms with van der Waals surface area (Å²) >= 11 is 1.56. The number of aliphatic hydroxyl groups is 1. The van der Waals surface area contributed by atoms with Gasteiger partial charge in [0.05, 0.1) is 25.2 Å². The third-order valence-electron chi connectivity index (χ3n) is 2.30. The van der Waals surface area contributed by atoms with Crippen molar-refractivity contribution in [1.29, 1.82) is 0 Å². The lowest BCUT2D eigenvalue weighted by Crippen LogP contribution is -2.21. The van der Waals surface area contributed by atoms with E-state index in [-0.39, 0.29) is 12.2 Å². The van der Waals surface area contributed by atoms with E-state index in [2.05, 4.69) is 0 Å². The fraction of sp³-hybridized carbons (Fsp3) is 0.364. The minimum Gasteiger partial charge on any atom is -0.394 e. The zero-order chi connectivity index (χ0) is 11.4. The Morgan fingerprint density at radius 2 is 2.25 bits per heavy atom. The second-order valence-electron chi connectivity index (χ2n) is 3.35. The van der Waals surface area contributed by atoms with Gasteiger partial charge in [-0.3, -0.25) is 4.79 Å². The Bertz CT molecular complexity index is 517. The number of hydrogen-bond acceptors (Lipinski definition) is 4. The van der Waals surface area contributed by atoms with E-state index in [0.29, 0.717) is 19.8 Å². The molecule has 2 heterocycles. The maximum absolute atomic E-state index is 11.9. The van der Waals surface area contributed by atoms with Crippen LogP contribution in [-0.2, 0) is 11.3 Å². The lowest BCUT2D eigenvalue weighted by molar-refractivity contribution is 0.0866. The summed E-state index contributed by atoms with van der Waals surface area (Å²) in [5.41, 5.74) is 0.0198. The van der Waals surface area contributed by atoms with Gasteiger partial charge in [-0.1, -0.05) is 0 Å². The summed E-state index contributed by atoms with van der Waals surface area (Å²) in [5.74, 6) is 0. The van der Waals surface area contributed by atoms with Crippen molar-refractivity contribution in [2.75, 3.05) is 19.8 Å². The van der Waals surface area contributed by atoms with Crippen LogP contribution in [0.2, 0.25) is 0 Å². The Hall–Kier alpha value is -1.17. The summed E-state index contributed by atoms with van der Waals surface area (Å²) in [7, 11) is 0. The minimum atomic E-state index is 0.0124. The highest BCUT2D eigenvalue weighted by atomic mass is 32.1. The predicted molar refractivity (Wildman–Crippen MR) is 64.0 cm³/mol. The molecule has 2 rings (SSSR count). The summed E-state index contributed by atoms with van der Waals surface area (Å²) in [5, 5.41) is 11.2. The molecule has 0 unspecified atom stereocenters. The number of nitrogens with zero attached hydrogens (tertiary/aromatic N) is 1. The lowest BCUT2D eigenvalue weighted by Gasteiger charge is -2.05. The van der Waals surface area contributed by atoms with Gasteiger partial charge in [0.2, 0.25) is 0 Å². The van der Waals surface area contributed by atoms with E-state index < -0.39 is 0 Å². The topological polar surface area (TPSA) is 51.5 Å². The largest absolute Gasteiger partial charge is 0.394 e. The van der Waals surface area contributed by atoms with Crippen molar-refractivity contribution in [3.63, 3.8) is 0 Å². The number of pyridine rings is 1. The summed E-state index contributed by atoms with van der Waals surface area (Å²) in [6.07, 6.45) is 1.78. The average molecular weight is 239 g/mol. The van der Waals surface area contributed by atoms with Crippen LogP contribution in [0.1, 0.15) is 0 Å². The Kier molecular flexibility index (Phi) is 3.71. The van der Waals surface area contributed by atoms with Gasteiger partial charge in [-0.05, 0) is 17.5 Å². The number of thiophene rings is 1. The second-order valence-corrected chi connectivity index (χ2v) is 4.30. The van der Waals surface area contributed by atoms with E-state index in [9.17, 15) is 4.79 Å². The molecule has 86 valence electrons. The fourth-order valence-electron chi connectivity index (χ4n) is 1.51.